The molecule has 6 heteroatoms. The third-order valence-corrected chi connectivity index (χ3v) is 5.72. The van der Waals surface area contributed by atoms with Crippen LogP contribution in [0.5, 0.6) is 0 Å². The third kappa shape index (κ3) is 4.20. The molecule has 0 bridgehead atoms. The Morgan fingerprint density at radius 1 is 0.846 bits per heavy atom. The van der Waals surface area contributed by atoms with Gasteiger partial charge in [0, 0.05) is 5.69 Å². The molecule has 2 amide bonds. The van der Waals surface area contributed by atoms with Gasteiger partial charge >= 0.3 is 0 Å². The van der Waals surface area contributed by atoms with Gasteiger partial charge in [0.25, 0.3) is 11.8 Å². The number of anilines is 1. The summed E-state index contributed by atoms with van der Waals surface area (Å²) in [4.78, 5) is 26.3. The van der Waals surface area contributed by atoms with Crippen molar-refractivity contribution in [2.75, 3.05) is 5.32 Å². The van der Waals surface area contributed by atoms with Crippen LogP contribution in [0.2, 0.25) is 0 Å². The van der Waals surface area contributed by atoms with E-state index in [1.807, 2.05) is 53.2 Å². The fraction of sp³-hybridized carbons (Fsp3) is 0.200. The molecule has 0 unspecified atom stereocenters. The van der Waals surface area contributed by atoms with Crippen LogP contribution in [0.4, 0.5) is 5.69 Å². The van der Waals surface area contributed by atoms with Gasteiger partial charge < -0.3 is 10.6 Å². The highest BCUT2D eigenvalue weighted by Gasteiger charge is 2.23. The van der Waals surface area contributed by atoms with Gasteiger partial charge in [0.2, 0.25) is 0 Å². The Hall–Kier alpha value is -2.44. The van der Waals surface area contributed by atoms with Crippen LogP contribution in [0.3, 0.4) is 0 Å². The van der Waals surface area contributed by atoms with Gasteiger partial charge in [-0.05, 0) is 40.4 Å². The van der Waals surface area contributed by atoms with Crippen LogP contribution in [-0.2, 0) is 0 Å². The van der Waals surface area contributed by atoms with Gasteiger partial charge in [-0.15, -0.1) is 22.7 Å². The van der Waals surface area contributed by atoms with Crippen molar-refractivity contribution in [2.45, 2.75) is 19.9 Å². The third-order valence-electron chi connectivity index (χ3n) is 3.99. The first-order valence-electron chi connectivity index (χ1n) is 8.34. The Balaban J connectivity index is 1.85. The van der Waals surface area contributed by atoms with Crippen LogP contribution in [0.1, 0.15) is 44.8 Å². The zero-order valence-electron chi connectivity index (χ0n) is 14.6. The smallest absolute Gasteiger partial charge is 0.265 e. The highest BCUT2D eigenvalue weighted by atomic mass is 32.1. The van der Waals surface area contributed by atoms with Crippen LogP contribution < -0.4 is 10.6 Å². The van der Waals surface area contributed by atoms with Gasteiger partial charge in [0.1, 0.15) is 0 Å². The molecule has 3 aromatic rings. The minimum atomic E-state index is -0.204. The molecule has 2 heterocycles. The van der Waals surface area contributed by atoms with E-state index in [2.05, 4.69) is 24.5 Å². The molecular weight excluding hydrogens is 364 g/mol. The molecule has 0 saturated heterocycles. The van der Waals surface area contributed by atoms with E-state index in [0.29, 0.717) is 9.75 Å². The van der Waals surface area contributed by atoms with Gasteiger partial charge in [0.05, 0.1) is 15.8 Å². The molecule has 1 aromatic carbocycles. The fourth-order valence-electron chi connectivity index (χ4n) is 2.70. The average molecular weight is 385 g/mol. The molecule has 0 fully saturated rings. The van der Waals surface area contributed by atoms with Crippen molar-refractivity contribution in [3.05, 3.63) is 74.6 Å². The SMILES string of the molecule is CC(C)[C@@H](NC(=O)c1cccs1)c1ccccc1NC(=O)c1cccs1. The van der Waals surface area contributed by atoms with Crippen molar-refractivity contribution in [3.63, 3.8) is 0 Å². The summed E-state index contributed by atoms with van der Waals surface area (Å²) in [7, 11) is 0. The zero-order chi connectivity index (χ0) is 18.5. The lowest BCUT2D eigenvalue weighted by molar-refractivity contribution is 0.0930. The maximum atomic E-state index is 12.5. The highest BCUT2D eigenvalue weighted by molar-refractivity contribution is 7.12. The number of thiophene rings is 2. The second-order valence-electron chi connectivity index (χ2n) is 6.19. The van der Waals surface area contributed by atoms with Crippen LogP contribution in [0.25, 0.3) is 0 Å². The lowest BCUT2D eigenvalue weighted by Crippen LogP contribution is -2.32. The molecule has 2 N–H and O–H groups in total. The minimum absolute atomic E-state index is 0.0990. The van der Waals surface area contributed by atoms with Gasteiger partial charge in [-0.3, -0.25) is 9.59 Å². The largest absolute Gasteiger partial charge is 0.344 e. The van der Waals surface area contributed by atoms with Gasteiger partial charge in [-0.1, -0.05) is 44.2 Å². The fourth-order valence-corrected chi connectivity index (χ4v) is 3.94. The molecule has 0 radical (unpaired) electrons. The summed E-state index contributed by atoms with van der Waals surface area (Å²) in [6, 6.07) is 14.7. The van der Waals surface area contributed by atoms with Crippen LogP contribution >= 0.6 is 22.7 Å². The minimum Gasteiger partial charge on any atom is -0.344 e. The van der Waals surface area contributed by atoms with E-state index in [1.54, 1.807) is 6.07 Å². The summed E-state index contributed by atoms with van der Waals surface area (Å²) in [5.41, 5.74) is 1.62. The Kier molecular flexibility index (Phi) is 5.85. The molecule has 134 valence electrons. The van der Waals surface area contributed by atoms with Crippen molar-refractivity contribution in [1.82, 2.24) is 5.32 Å². The number of para-hydroxylation sites is 1. The number of hydrogen-bond acceptors (Lipinski definition) is 4. The molecular formula is C20H20N2O2S2. The van der Waals surface area contributed by atoms with E-state index in [4.69, 9.17) is 0 Å². The first kappa shape index (κ1) is 18.4. The molecule has 0 aliphatic heterocycles. The quantitative estimate of drug-likeness (QED) is 0.614. The predicted molar refractivity (Wildman–Crippen MR) is 108 cm³/mol. The van der Waals surface area contributed by atoms with Crippen LogP contribution in [-0.4, -0.2) is 11.8 Å². The Morgan fingerprint density at radius 2 is 1.46 bits per heavy atom. The topological polar surface area (TPSA) is 58.2 Å². The van der Waals surface area contributed by atoms with E-state index in [1.165, 1.54) is 22.7 Å². The summed E-state index contributed by atoms with van der Waals surface area (Å²) in [6.45, 7) is 4.11. The maximum absolute atomic E-state index is 12.5. The number of nitrogens with one attached hydrogen (secondary N) is 2. The molecule has 3 rings (SSSR count). The number of carbonyl (C=O) groups is 2. The van der Waals surface area contributed by atoms with E-state index < -0.39 is 0 Å². The van der Waals surface area contributed by atoms with Crippen molar-refractivity contribution in [2.24, 2.45) is 5.92 Å². The molecule has 0 saturated carbocycles. The molecule has 4 nitrogen and oxygen atoms in total. The predicted octanol–water partition coefficient (Wildman–Crippen LogP) is 5.19. The molecule has 2 aromatic heterocycles. The molecule has 0 aliphatic rings. The van der Waals surface area contributed by atoms with E-state index in [-0.39, 0.29) is 23.8 Å². The summed E-state index contributed by atoms with van der Waals surface area (Å²) in [5, 5.41) is 9.84. The summed E-state index contributed by atoms with van der Waals surface area (Å²) >= 11 is 2.81. The number of hydrogen-bond donors (Lipinski definition) is 2. The van der Waals surface area contributed by atoms with Crippen molar-refractivity contribution in [1.29, 1.82) is 0 Å². The van der Waals surface area contributed by atoms with Gasteiger partial charge in [-0.25, -0.2) is 0 Å². The molecule has 0 spiro atoms. The van der Waals surface area contributed by atoms with Gasteiger partial charge in [-0.2, -0.15) is 0 Å². The Labute approximate surface area is 160 Å². The Bertz CT molecular complexity index is 871. The van der Waals surface area contributed by atoms with Gasteiger partial charge in [0.15, 0.2) is 0 Å². The monoisotopic (exact) mass is 384 g/mol. The van der Waals surface area contributed by atoms with Crippen molar-refractivity contribution in [3.8, 4) is 0 Å². The average Bonchev–Trinajstić information content (AvgIpc) is 3.33. The number of amides is 2. The second-order valence-corrected chi connectivity index (χ2v) is 8.09. The first-order chi connectivity index (χ1) is 12.6. The number of benzene rings is 1. The molecule has 1 atom stereocenters. The lowest BCUT2D eigenvalue weighted by Gasteiger charge is -2.25. The highest BCUT2D eigenvalue weighted by Crippen LogP contribution is 2.29. The summed E-state index contributed by atoms with van der Waals surface area (Å²) in [5.74, 6) is -0.0728. The summed E-state index contributed by atoms with van der Waals surface area (Å²) in [6.07, 6.45) is 0. The second kappa shape index (κ2) is 8.29. The number of rotatable bonds is 6. The van der Waals surface area contributed by atoms with E-state index in [0.717, 1.165) is 11.3 Å². The first-order valence-corrected chi connectivity index (χ1v) is 10.1. The molecule has 0 aliphatic carbocycles. The standard InChI is InChI=1S/C20H20N2O2S2/c1-13(2)18(22-20(24)17-10-6-12-26-17)14-7-3-4-8-15(14)21-19(23)16-9-5-11-25-16/h3-13,18H,1-2H3,(H,21,23)(H,22,24)/t18-/m1/s1. The number of carbonyl (C=O) groups excluding carboxylic acids is 2. The maximum Gasteiger partial charge on any atom is 0.265 e. The summed E-state index contributed by atoms with van der Waals surface area (Å²) < 4.78 is 0. The normalized spacial score (nSPS) is 12.0. The lowest BCUT2D eigenvalue weighted by atomic mass is 9.94. The van der Waals surface area contributed by atoms with Crippen molar-refractivity contribution < 1.29 is 9.59 Å². The van der Waals surface area contributed by atoms with E-state index in [9.17, 15) is 9.59 Å². The van der Waals surface area contributed by atoms with Crippen molar-refractivity contribution >= 4 is 40.2 Å². The van der Waals surface area contributed by atoms with Crippen LogP contribution in [0.15, 0.2) is 59.3 Å². The van der Waals surface area contributed by atoms with Crippen LogP contribution in [0, 0.1) is 5.92 Å². The zero-order valence-corrected chi connectivity index (χ0v) is 16.2. The molecule has 26 heavy (non-hydrogen) atoms. The van der Waals surface area contributed by atoms with E-state index >= 15 is 0 Å². The Morgan fingerprint density at radius 3 is 2.04 bits per heavy atom.